The summed E-state index contributed by atoms with van der Waals surface area (Å²) in [7, 11) is 0. The molecule has 1 aromatic carbocycles. The number of carboxylic acids is 1. The summed E-state index contributed by atoms with van der Waals surface area (Å²) < 4.78 is 14.7. The fraction of sp³-hybridized carbons (Fsp3) is 0.633. The zero-order valence-electron chi connectivity index (χ0n) is 25.8. The molecule has 0 aliphatic rings. The molecular formula is C30H47I2N5O8. The highest BCUT2D eigenvalue weighted by molar-refractivity contribution is 14.1. The maximum atomic E-state index is 12.8. The van der Waals surface area contributed by atoms with Crippen LogP contribution < -0.4 is 24.8 Å². The minimum Gasteiger partial charge on any atom is -0.480 e. The Kier molecular flexibility index (Phi) is 23.7. The maximum absolute atomic E-state index is 12.8. The van der Waals surface area contributed by atoms with E-state index in [9.17, 15) is 29.1 Å². The molecule has 45 heavy (non-hydrogen) atoms. The van der Waals surface area contributed by atoms with Crippen molar-refractivity contribution in [3.05, 3.63) is 33.4 Å². The second-order valence-electron chi connectivity index (χ2n) is 10.4. The first kappa shape index (κ1) is 40.9. The van der Waals surface area contributed by atoms with Crippen LogP contribution in [0.5, 0.6) is 0 Å². The number of halogens is 2. The number of carbonyl (C=O) groups is 5. The van der Waals surface area contributed by atoms with Crippen molar-refractivity contribution in [1.29, 1.82) is 0 Å². The Morgan fingerprint density at radius 3 is 2.11 bits per heavy atom. The Hall–Kier alpha value is -2.09. The Balaban J connectivity index is 2.39. The predicted octanol–water partition coefficient (Wildman–Crippen LogP) is 2.87. The Labute approximate surface area is 293 Å². The van der Waals surface area contributed by atoms with Crippen molar-refractivity contribution in [1.82, 2.24) is 24.8 Å². The average Bonchev–Trinajstić information content (AvgIpc) is 2.99. The quantitative estimate of drug-likeness (QED) is 0.0464. The monoisotopic (exact) mass is 859 g/mol. The molecule has 4 amide bonds. The van der Waals surface area contributed by atoms with E-state index in [1.807, 2.05) is 35.0 Å². The number of hydrogen-bond donors (Lipinski definition) is 6. The van der Waals surface area contributed by atoms with Crippen LogP contribution >= 0.6 is 45.5 Å². The van der Waals surface area contributed by atoms with Crippen molar-refractivity contribution < 1.29 is 38.6 Å². The molecule has 0 saturated carbocycles. The zero-order valence-corrected chi connectivity index (χ0v) is 30.2. The minimum absolute atomic E-state index is 0.0269. The third-order valence-corrected chi connectivity index (χ3v) is 7.75. The lowest BCUT2D eigenvalue weighted by molar-refractivity contribution is -0.139. The van der Waals surface area contributed by atoms with Gasteiger partial charge < -0.3 is 35.8 Å². The third kappa shape index (κ3) is 22.1. The molecule has 0 saturated heterocycles. The molecule has 0 bridgehead atoms. The van der Waals surface area contributed by atoms with E-state index < -0.39 is 30.0 Å². The normalized spacial score (nSPS) is 12.2. The summed E-state index contributed by atoms with van der Waals surface area (Å²) in [5.74, 6) is -1.69. The number of urea groups is 1. The summed E-state index contributed by atoms with van der Waals surface area (Å²) >= 11 is 4.29. The van der Waals surface area contributed by atoms with Crippen molar-refractivity contribution in [3.8, 4) is 0 Å². The zero-order chi connectivity index (χ0) is 33.3. The summed E-state index contributed by atoms with van der Waals surface area (Å²) in [6.45, 7) is 3.59. The number of rotatable bonds is 26. The van der Waals surface area contributed by atoms with Gasteiger partial charge in [0.2, 0.25) is 11.8 Å². The van der Waals surface area contributed by atoms with Gasteiger partial charge in [0, 0.05) is 52.5 Å². The molecule has 0 unspecified atom stereocenters. The molecule has 2 atom stereocenters. The first-order valence-electron chi connectivity index (χ1n) is 15.2. The molecule has 13 nitrogen and oxygen atoms in total. The van der Waals surface area contributed by atoms with Gasteiger partial charge in [0.15, 0.2) is 5.78 Å². The number of carbonyl (C=O) groups excluding carboxylic acids is 4. The molecule has 0 radical (unpaired) electrons. The predicted molar refractivity (Wildman–Crippen MR) is 187 cm³/mol. The SMILES string of the molecule is CC(=O)COCCOCCNC(=O)[C@H](CCCCNI)NC(=O)N[C@H](CCCCNC(=O)CCCc1ccc(I)cc1)C(=O)O. The van der Waals surface area contributed by atoms with Crippen LogP contribution in [0.1, 0.15) is 63.9 Å². The molecular weight excluding hydrogens is 812 g/mol. The summed E-state index contributed by atoms with van der Waals surface area (Å²) in [5, 5.41) is 20.3. The fourth-order valence-electron chi connectivity index (χ4n) is 4.12. The van der Waals surface area contributed by atoms with Gasteiger partial charge in [0.1, 0.15) is 18.7 Å². The van der Waals surface area contributed by atoms with E-state index in [0.29, 0.717) is 38.6 Å². The van der Waals surface area contributed by atoms with Crippen LogP contribution in [0, 0.1) is 3.57 Å². The molecule has 0 heterocycles. The summed E-state index contributed by atoms with van der Waals surface area (Å²) in [4.78, 5) is 60.2. The number of Topliss-reactive ketones (excluding diaryl/α,β-unsaturated/α-hetero) is 1. The molecule has 0 aromatic heterocycles. The largest absolute Gasteiger partial charge is 0.480 e. The van der Waals surface area contributed by atoms with Crippen LogP contribution in [0.2, 0.25) is 0 Å². The number of carboxylic acid groups (broad SMARTS) is 1. The van der Waals surface area contributed by atoms with Gasteiger partial charge in [-0.05, 0) is 98.6 Å². The van der Waals surface area contributed by atoms with E-state index >= 15 is 0 Å². The van der Waals surface area contributed by atoms with Crippen LogP contribution in [0.4, 0.5) is 4.79 Å². The summed E-state index contributed by atoms with van der Waals surface area (Å²) in [6.07, 6.45) is 5.04. The summed E-state index contributed by atoms with van der Waals surface area (Å²) in [5.41, 5.74) is 1.19. The van der Waals surface area contributed by atoms with E-state index in [0.717, 1.165) is 25.8 Å². The van der Waals surface area contributed by atoms with Crippen LogP contribution in [0.3, 0.4) is 0 Å². The fourth-order valence-corrected chi connectivity index (χ4v) is 4.86. The highest BCUT2D eigenvalue weighted by atomic mass is 127. The number of benzene rings is 1. The van der Waals surface area contributed by atoms with Gasteiger partial charge in [-0.1, -0.05) is 12.1 Å². The van der Waals surface area contributed by atoms with Gasteiger partial charge in [0.25, 0.3) is 0 Å². The molecule has 1 aromatic rings. The number of aryl methyl sites for hydroxylation is 1. The highest BCUT2D eigenvalue weighted by Crippen LogP contribution is 2.10. The van der Waals surface area contributed by atoms with Crippen LogP contribution in [0.25, 0.3) is 0 Å². The van der Waals surface area contributed by atoms with Gasteiger partial charge >= 0.3 is 12.0 Å². The summed E-state index contributed by atoms with van der Waals surface area (Å²) in [6, 6.07) is 5.47. The lowest BCUT2D eigenvalue weighted by Crippen LogP contribution is -2.53. The Bertz CT molecular complexity index is 1030. The molecule has 0 fully saturated rings. The van der Waals surface area contributed by atoms with Gasteiger partial charge in [-0.25, -0.2) is 9.59 Å². The highest BCUT2D eigenvalue weighted by Gasteiger charge is 2.24. The van der Waals surface area contributed by atoms with Crippen molar-refractivity contribution in [2.24, 2.45) is 0 Å². The average molecular weight is 860 g/mol. The van der Waals surface area contributed by atoms with E-state index in [1.54, 1.807) is 0 Å². The van der Waals surface area contributed by atoms with E-state index in [-0.39, 0.29) is 51.1 Å². The number of unbranched alkanes of at least 4 members (excludes halogenated alkanes) is 2. The molecule has 15 heteroatoms. The molecule has 6 N–H and O–H groups in total. The Morgan fingerprint density at radius 1 is 0.800 bits per heavy atom. The second kappa shape index (κ2) is 26.0. The standard InChI is InChI=1S/C30H47I2N5O8/c1-22(38)21-45-20-19-44-18-17-34-28(40)25(8-3-5-16-35-32)36-30(43)37-26(29(41)42)9-2-4-15-33-27(39)10-6-7-23-11-13-24(31)14-12-23/h11-14,25-26,35H,2-10,15-21H2,1H3,(H,33,39)(H,34,40)(H,41,42)(H2,36,37,43)/t25-,26+/m0/s1. The van der Waals surface area contributed by atoms with Crippen molar-refractivity contribution in [3.63, 3.8) is 0 Å². The number of hydrogen-bond acceptors (Lipinski definition) is 8. The van der Waals surface area contributed by atoms with E-state index in [2.05, 4.69) is 59.5 Å². The van der Waals surface area contributed by atoms with Crippen molar-refractivity contribution in [2.45, 2.75) is 76.8 Å². The van der Waals surface area contributed by atoms with Gasteiger partial charge in [-0.3, -0.25) is 17.9 Å². The number of ketones is 1. The van der Waals surface area contributed by atoms with Crippen LogP contribution in [0.15, 0.2) is 24.3 Å². The third-order valence-electron chi connectivity index (χ3n) is 6.49. The second-order valence-corrected chi connectivity index (χ2v) is 12.4. The number of aliphatic carboxylic acids is 1. The number of amides is 4. The minimum atomic E-state index is -1.18. The van der Waals surface area contributed by atoms with E-state index in [4.69, 9.17) is 9.47 Å². The Morgan fingerprint density at radius 2 is 1.44 bits per heavy atom. The molecule has 1 rings (SSSR count). The maximum Gasteiger partial charge on any atom is 0.326 e. The smallest absolute Gasteiger partial charge is 0.326 e. The van der Waals surface area contributed by atoms with Gasteiger partial charge in [-0.2, -0.15) is 0 Å². The van der Waals surface area contributed by atoms with Crippen molar-refractivity contribution >= 4 is 75.1 Å². The molecule has 0 aliphatic heterocycles. The van der Waals surface area contributed by atoms with Gasteiger partial charge in [0.05, 0.1) is 19.8 Å². The molecule has 254 valence electrons. The molecule has 0 spiro atoms. The van der Waals surface area contributed by atoms with E-state index in [1.165, 1.54) is 16.1 Å². The van der Waals surface area contributed by atoms with Gasteiger partial charge in [-0.15, -0.1) is 0 Å². The first-order valence-corrected chi connectivity index (χ1v) is 17.3. The lowest BCUT2D eigenvalue weighted by Gasteiger charge is -2.21. The van der Waals surface area contributed by atoms with Crippen LogP contribution in [-0.4, -0.2) is 92.9 Å². The van der Waals surface area contributed by atoms with Crippen LogP contribution in [-0.2, 0) is 35.1 Å². The lowest BCUT2D eigenvalue weighted by atomic mass is 10.1. The number of ether oxygens (including phenoxy) is 2. The van der Waals surface area contributed by atoms with Crippen molar-refractivity contribution in [2.75, 3.05) is 46.1 Å². The molecule has 0 aliphatic carbocycles. The topological polar surface area (TPSA) is 184 Å². The number of nitrogens with one attached hydrogen (secondary N) is 5. The first-order chi connectivity index (χ1) is 21.6.